The highest BCUT2D eigenvalue weighted by Crippen LogP contribution is 2.43. The first kappa shape index (κ1) is 83.5. The van der Waals surface area contributed by atoms with Crippen LogP contribution < -0.4 is 5.32 Å². The smallest absolute Gasteiger partial charge is 0.387 e. The lowest BCUT2D eigenvalue weighted by Crippen LogP contribution is -2.45. The van der Waals surface area contributed by atoms with Crippen LogP contribution in [0.5, 0.6) is 0 Å². The highest BCUT2D eigenvalue weighted by atomic mass is 31.2. The van der Waals surface area contributed by atoms with E-state index in [4.69, 9.17) is 9.05 Å². The van der Waals surface area contributed by atoms with Crippen molar-refractivity contribution in [2.24, 2.45) is 0 Å². The molecule has 0 aromatic rings. The third-order valence-electron chi connectivity index (χ3n) is 17.3. The quantitative estimate of drug-likeness (QED) is 0.0243. The van der Waals surface area contributed by atoms with E-state index < -0.39 is 20.0 Å². The van der Waals surface area contributed by atoms with E-state index >= 15 is 0 Å². The number of amides is 1. The Kier molecular flexibility index (Phi) is 65.7. The fourth-order valence-electron chi connectivity index (χ4n) is 11.4. The zero-order valence-electron chi connectivity index (χ0n) is 57.6. The summed E-state index contributed by atoms with van der Waals surface area (Å²) >= 11 is 0. The van der Waals surface area contributed by atoms with E-state index in [1.54, 1.807) is 6.08 Å². The van der Waals surface area contributed by atoms with Gasteiger partial charge >= 0.3 is 7.82 Å². The molecule has 0 aliphatic heterocycles. The third kappa shape index (κ3) is 69.8. The van der Waals surface area contributed by atoms with Gasteiger partial charge in [0, 0.05) is 6.42 Å². The molecule has 0 saturated heterocycles. The molecule has 0 heterocycles. The van der Waals surface area contributed by atoms with Crippen LogP contribution >= 0.6 is 7.82 Å². The van der Waals surface area contributed by atoms with Crippen LogP contribution in [0.3, 0.4) is 0 Å². The molecule has 0 aliphatic rings. The molecule has 3 unspecified atom stereocenters. The van der Waals surface area contributed by atoms with Crippen molar-refractivity contribution in [1.29, 1.82) is 0 Å². The summed E-state index contributed by atoms with van der Waals surface area (Å²) in [4.78, 5) is 23.4. The topological polar surface area (TPSA) is 105 Å². The van der Waals surface area contributed by atoms with E-state index in [1.807, 2.05) is 27.2 Å². The minimum atomic E-state index is -4.36. The van der Waals surface area contributed by atoms with Gasteiger partial charge in [0.1, 0.15) is 13.2 Å². The van der Waals surface area contributed by atoms with Gasteiger partial charge < -0.3 is 19.8 Å². The Balaban J connectivity index is 4.04. The molecule has 0 saturated carbocycles. The summed E-state index contributed by atoms with van der Waals surface area (Å²) in [6.07, 6.45) is 91.5. The van der Waals surface area contributed by atoms with Crippen LogP contribution in [-0.2, 0) is 18.4 Å². The van der Waals surface area contributed by atoms with Crippen LogP contribution in [0.4, 0.5) is 0 Å². The molecule has 0 spiro atoms. The average molecular weight is 1220 g/mol. The number of hydrogen-bond acceptors (Lipinski definition) is 5. The largest absolute Gasteiger partial charge is 0.472 e. The first-order valence-corrected chi connectivity index (χ1v) is 39.0. The van der Waals surface area contributed by atoms with Gasteiger partial charge in [-0.1, -0.05) is 358 Å². The van der Waals surface area contributed by atoms with Gasteiger partial charge in [-0.25, -0.2) is 4.57 Å². The van der Waals surface area contributed by atoms with Gasteiger partial charge in [-0.3, -0.25) is 13.8 Å². The molecule has 0 bridgehead atoms. The van der Waals surface area contributed by atoms with Crippen LogP contribution in [0.1, 0.15) is 380 Å². The summed E-state index contributed by atoms with van der Waals surface area (Å²) in [6, 6.07) is -0.865. The van der Waals surface area contributed by atoms with Crippen LogP contribution in [0.2, 0.25) is 0 Å². The monoisotopic (exact) mass is 1220 g/mol. The van der Waals surface area contributed by atoms with Crippen LogP contribution in [-0.4, -0.2) is 73.4 Å². The number of quaternary nitrogens is 1. The van der Waals surface area contributed by atoms with Crippen molar-refractivity contribution in [2.45, 2.75) is 392 Å². The zero-order chi connectivity index (χ0) is 61.9. The molecule has 3 N–H and O–H groups in total. The van der Waals surface area contributed by atoms with Gasteiger partial charge in [0.05, 0.1) is 39.9 Å². The second-order valence-electron chi connectivity index (χ2n) is 27.0. The summed E-state index contributed by atoms with van der Waals surface area (Å²) in [7, 11) is 1.57. The first-order valence-electron chi connectivity index (χ1n) is 37.5. The molecule has 9 heteroatoms. The van der Waals surface area contributed by atoms with Crippen molar-refractivity contribution in [2.75, 3.05) is 40.9 Å². The molecule has 85 heavy (non-hydrogen) atoms. The molecule has 0 aromatic heterocycles. The number of rotatable bonds is 70. The normalized spacial score (nSPS) is 13.8. The van der Waals surface area contributed by atoms with Gasteiger partial charge in [-0.05, 0) is 64.2 Å². The second-order valence-corrected chi connectivity index (χ2v) is 28.5. The molecule has 3 atom stereocenters. The Hall–Kier alpha value is -1.54. The molecule has 0 aliphatic carbocycles. The lowest BCUT2D eigenvalue weighted by atomic mass is 10.0. The van der Waals surface area contributed by atoms with Crippen molar-refractivity contribution in [1.82, 2.24) is 5.32 Å². The Morgan fingerprint density at radius 3 is 1.01 bits per heavy atom. The fraction of sp³-hybridized carbons (Fsp3) is 0.882. The molecule has 8 nitrogen and oxygen atoms in total. The van der Waals surface area contributed by atoms with Gasteiger partial charge in [-0.2, -0.15) is 0 Å². The number of nitrogens with zero attached hydrogens (tertiary/aromatic N) is 1. The Morgan fingerprint density at radius 2 is 0.682 bits per heavy atom. The number of likely N-dealkylation sites (N-methyl/N-ethyl adjacent to an activating group) is 1. The van der Waals surface area contributed by atoms with Crippen molar-refractivity contribution >= 4 is 13.7 Å². The number of aliphatic hydroxyl groups is 1. The summed E-state index contributed by atoms with van der Waals surface area (Å²) in [5.41, 5.74) is 0. The molecule has 0 rings (SSSR count). The number of allylic oxidation sites excluding steroid dienone is 7. The van der Waals surface area contributed by atoms with Crippen molar-refractivity contribution in [3.05, 3.63) is 48.6 Å². The predicted octanol–water partition coefficient (Wildman–Crippen LogP) is 24.2. The van der Waals surface area contributed by atoms with Crippen molar-refractivity contribution in [3.8, 4) is 0 Å². The number of unbranched alkanes of at least 4 members (excludes halogenated alkanes) is 51. The Bertz CT molecular complexity index is 1530. The van der Waals surface area contributed by atoms with E-state index in [9.17, 15) is 19.4 Å². The van der Waals surface area contributed by atoms with E-state index in [0.29, 0.717) is 17.4 Å². The van der Waals surface area contributed by atoms with Gasteiger partial charge in [0.2, 0.25) is 5.91 Å². The minimum Gasteiger partial charge on any atom is -0.387 e. The maximum atomic E-state index is 13.1. The number of phosphoric acid groups is 1. The highest BCUT2D eigenvalue weighted by molar-refractivity contribution is 7.47. The lowest BCUT2D eigenvalue weighted by molar-refractivity contribution is -0.870. The number of phosphoric ester groups is 1. The van der Waals surface area contributed by atoms with Crippen molar-refractivity contribution < 1.29 is 32.9 Å². The maximum absolute atomic E-state index is 13.1. The van der Waals surface area contributed by atoms with Crippen LogP contribution in [0, 0.1) is 0 Å². The molecule has 502 valence electrons. The maximum Gasteiger partial charge on any atom is 0.472 e. The molecule has 0 aromatic carbocycles. The summed E-state index contributed by atoms with van der Waals surface area (Å²) in [5, 5.41) is 14.0. The number of carbonyl (C=O) groups excluding carboxylic acids is 1. The Labute approximate surface area is 530 Å². The SMILES string of the molecule is CCCCCCC/C=C\C/C=C\CCCCCCCCCCCCCCCCCCCCCC(=O)NC(COP(=O)(O)OCC[N+](C)(C)C)C(O)/C=C/CC/C=C/CCCCCCCCCCCCCCCCCCCCCCCCCCCC. The lowest BCUT2D eigenvalue weighted by Gasteiger charge is -2.25. The minimum absolute atomic E-state index is 0.0572. The zero-order valence-corrected chi connectivity index (χ0v) is 58.5. The first-order chi connectivity index (χ1) is 41.5. The second kappa shape index (κ2) is 66.9. The van der Waals surface area contributed by atoms with E-state index in [0.717, 1.165) is 44.9 Å². The third-order valence-corrected chi connectivity index (χ3v) is 18.3. The molecular weight excluding hydrogens is 1070 g/mol. The summed E-state index contributed by atoms with van der Waals surface area (Å²) in [6.45, 7) is 4.84. The summed E-state index contributed by atoms with van der Waals surface area (Å²) < 4.78 is 23.8. The number of aliphatic hydroxyl groups excluding tert-OH is 1. The highest BCUT2D eigenvalue weighted by Gasteiger charge is 2.28. The van der Waals surface area contributed by atoms with E-state index in [1.165, 1.54) is 315 Å². The van der Waals surface area contributed by atoms with Crippen LogP contribution in [0.25, 0.3) is 0 Å². The fourth-order valence-corrected chi connectivity index (χ4v) is 12.2. The van der Waals surface area contributed by atoms with Gasteiger partial charge in [0.25, 0.3) is 0 Å². The number of carbonyl (C=O) groups is 1. The standard InChI is InChI=1S/C76H147N2O6P/c1-6-8-10-12-14-16-18-20-22-24-26-28-30-32-34-36-38-40-41-43-45-47-49-51-53-55-57-59-61-63-65-67-69-75(79)74(73-84-85(81,82)83-72-71-78(3,4)5)77-76(80)70-68-66-64-62-60-58-56-54-52-50-48-46-44-42-39-37-35-33-31-29-27-25-23-21-19-17-15-13-11-9-7-2/h19,21,25,27,59,61,67,69,74-75,79H,6-18,20,22-24,26,28-58,60,62-66,68,70-73H2,1-5H3,(H-,77,80,81,82)/p+1/b21-19-,27-25-,61-59+,69-67+. The summed E-state index contributed by atoms with van der Waals surface area (Å²) in [5.74, 6) is -0.180. The van der Waals surface area contributed by atoms with E-state index in [-0.39, 0.29) is 19.1 Å². The number of hydrogen-bond donors (Lipinski definition) is 3. The van der Waals surface area contributed by atoms with E-state index in [2.05, 4.69) is 55.6 Å². The predicted molar refractivity (Wildman–Crippen MR) is 374 cm³/mol. The molecule has 0 fully saturated rings. The molecular formula is C76H148N2O6P+. The molecule has 0 radical (unpaired) electrons. The van der Waals surface area contributed by atoms with Gasteiger partial charge in [0.15, 0.2) is 0 Å². The number of nitrogens with one attached hydrogen (secondary N) is 1. The molecule has 1 amide bonds. The van der Waals surface area contributed by atoms with Crippen LogP contribution in [0.15, 0.2) is 48.6 Å². The van der Waals surface area contributed by atoms with Crippen molar-refractivity contribution in [3.63, 3.8) is 0 Å². The average Bonchev–Trinajstić information content (AvgIpc) is 3.49. The van der Waals surface area contributed by atoms with Gasteiger partial charge in [-0.15, -0.1) is 0 Å². The Morgan fingerprint density at radius 1 is 0.400 bits per heavy atom.